The van der Waals surface area contributed by atoms with Gasteiger partial charge in [-0.1, -0.05) is 12.1 Å². The zero-order valence-corrected chi connectivity index (χ0v) is 14.1. The molecule has 0 saturated heterocycles. The van der Waals surface area contributed by atoms with Crippen LogP contribution in [0, 0.1) is 10.1 Å². The molecule has 2 rings (SSSR count). The van der Waals surface area contributed by atoms with Gasteiger partial charge >= 0.3 is 5.97 Å². The molecule has 0 atom stereocenters. The Morgan fingerprint density at radius 2 is 1.84 bits per heavy atom. The van der Waals surface area contributed by atoms with Gasteiger partial charge in [0.25, 0.3) is 5.69 Å². The van der Waals surface area contributed by atoms with E-state index in [1.807, 2.05) is 35.2 Å². The van der Waals surface area contributed by atoms with E-state index in [0.29, 0.717) is 13.0 Å². The van der Waals surface area contributed by atoms with Gasteiger partial charge in [-0.15, -0.1) is 0 Å². The average molecular weight is 368 g/mol. The van der Waals surface area contributed by atoms with Gasteiger partial charge in [0, 0.05) is 24.3 Å². The summed E-state index contributed by atoms with van der Waals surface area (Å²) in [5.41, 5.74) is -0.420. The molecule has 0 unspecified atom stereocenters. The number of nitrogens with zero attached hydrogens (tertiary/aromatic N) is 2. The number of hydrogen-bond acceptors (Lipinski definition) is 7. The first-order valence-corrected chi connectivity index (χ1v) is 8.36. The number of aromatic nitrogens is 1. The lowest BCUT2D eigenvalue weighted by Crippen LogP contribution is -2.33. The van der Waals surface area contributed by atoms with Crippen LogP contribution in [-0.2, 0) is 26.2 Å². The van der Waals surface area contributed by atoms with Gasteiger partial charge in [-0.25, -0.2) is 13.0 Å². The number of benzene rings is 1. The van der Waals surface area contributed by atoms with Crippen molar-refractivity contribution in [1.82, 2.24) is 0 Å². The standard InChI is InChI=1S/C9H12NO2.C6H5NO5S/c1-12-9(11)5-8-10-6-3-2-4-7-10;8-7(9)5-2-1-3-6(4-5)13(10,11)12/h2-4,6-7H,5,8H2,1H3;1-4H,(H,10,11,12)/q+1;/p-1. The SMILES string of the molecule is COC(=O)CC[n+]1ccccc1.O=[N+]([O-])c1cccc(S(=O)(=O)[O-])c1. The molecule has 10 heteroatoms. The summed E-state index contributed by atoms with van der Waals surface area (Å²) in [6.45, 7) is 0.674. The molecule has 0 aliphatic rings. The van der Waals surface area contributed by atoms with Crippen LogP contribution in [0.2, 0.25) is 0 Å². The first-order valence-electron chi connectivity index (χ1n) is 6.95. The van der Waals surface area contributed by atoms with E-state index in [-0.39, 0.29) is 5.97 Å². The second-order valence-corrected chi connectivity index (χ2v) is 6.03. The van der Waals surface area contributed by atoms with Crippen molar-refractivity contribution in [2.75, 3.05) is 7.11 Å². The van der Waals surface area contributed by atoms with Gasteiger partial charge in [0.15, 0.2) is 18.9 Å². The Labute approximate surface area is 144 Å². The highest BCUT2D eigenvalue weighted by atomic mass is 32.2. The van der Waals surface area contributed by atoms with Crippen LogP contribution in [0.4, 0.5) is 5.69 Å². The highest BCUT2D eigenvalue weighted by Gasteiger charge is 2.08. The van der Waals surface area contributed by atoms with Crippen LogP contribution in [0.1, 0.15) is 6.42 Å². The molecule has 1 heterocycles. The summed E-state index contributed by atoms with van der Waals surface area (Å²) in [5.74, 6) is -0.175. The molecule has 0 saturated carbocycles. The van der Waals surface area contributed by atoms with Gasteiger partial charge < -0.3 is 9.29 Å². The molecule has 0 fully saturated rings. The second-order valence-electron chi connectivity index (χ2n) is 4.65. The number of nitro groups is 1. The van der Waals surface area contributed by atoms with E-state index in [0.717, 1.165) is 24.3 Å². The van der Waals surface area contributed by atoms with E-state index >= 15 is 0 Å². The monoisotopic (exact) mass is 368 g/mol. The summed E-state index contributed by atoms with van der Waals surface area (Å²) in [5, 5.41) is 10.2. The highest BCUT2D eigenvalue weighted by Crippen LogP contribution is 2.16. The average Bonchev–Trinajstić information content (AvgIpc) is 2.60. The summed E-state index contributed by atoms with van der Waals surface area (Å²) in [4.78, 5) is 19.6. The zero-order valence-electron chi connectivity index (χ0n) is 13.3. The molecule has 2 aromatic rings. The van der Waals surface area contributed by atoms with Gasteiger partial charge in [0.1, 0.15) is 16.5 Å². The molecule has 0 bridgehead atoms. The number of rotatable bonds is 5. The number of carbonyl (C=O) groups is 1. The lowest BCUT2D eigenvalue weighted by molar-refractivity contribution is -0.696. The van der Waals surface area contributed by atoms with Gasteiger partial charge in [0.05, 0.1) is 16.9 Å². The van der Waals surface area contributed by atoms with Crippen molar-refractivity contribution < 1.29 is 32.0 Å². The molecule has 0 radical (unpaired) electrons. The van der Waals surface area contributed by atoms with Crippen molar-refractivity contribution in [1.29, 1.82) is 0 Å². The lowest BCUT2D eigenvalue weighted by atomic mass is 10.3. The topological polar surface area (TPSA) is 131 Å². The van der Waals surface area contributed by atoms with Gasteiger partial charge in [-0.05, 0) is 6.07 Å². The first-order chi connectivity index (χ1) is 11.7. The lowest BCUT2D eigenvalue weighted by Gasteiger charge is -2.05. The van der Waals surface area contributed by atoms with Gasteiger partial charge in [-0.2, -0.15) is 0 Å². The predicted octanol–water partition coefficient (Wildman–Crippen LogP) is 1.04. The Bertz CT molecular complexity index is 823. The molecule has 1 aromatic carbocycles. The van der Waals surface area contributed by atoms with Crippen LogP contribution in [0.3, 0.4) is 0 Å². The Morgan fingerprint density at radius 1 is 1.20 bits per heavy atom. The van der Waals surface area contributed by atoms with E-state index in [1.165, 1.54) is 7.11 Å². The molecule has 0 N–H and O–H groups in total. The zero-order chi connectivity index (χ0) is 18.9. The largest absolute Gasteiger partial charge is 0.744 e. The first kappa shape index (κ1) is 20.2. The van der Waals surface area contributed by atoms with E-state index in [9.17, 15) is 27.9 Å². The van der Waals surface area contributed by atoms with E-state index in [4.69, 9.17) is 0 Å². The Hall–Kier alpha value is -2.85. The molecular formula is C15H16N2O7S. The third kappa shape index (κ3) is 7.50. The molecule has 25 heavy (non-hydrogen) atoms. The molecule has 1 aromatic heterocycles. The highest BCUT2D eigenvalue weighted by molar-refractivity contribution is 7.85. The summed E-state index contributed by atoms with van der Waals surface area (Å²) < 4.78 is 37.7. The molecule has 0 amide bonds. The fraction of sp³-hybridized carbons (Fsp3) is 0.200. The molecule has 134 valence electrons. The van der Waals surface area contributed by atoms with Crippen molar-refractivity contribution in [2.24, 2.45) is 0 Å². The maximum absolute atomic E-state index is 10.7. The number of non-ortho nitro benzene ring substituents is 1. The normalized spacial score (nSPS) is 10.3. The van der Waals surface area contributed by atoms with Gasteiger partial charge in [0.2, 0.25) is 0 Å². The minimum atomic E-state index is -4.61. The summed E-state index contributed by atoms with van der Waals surface area (Å²) in [6.07, 6.45) is 4.26. The molecule has 0 aliphatic carbocycles. The van der Waals surface area contributed by atoms with E-state index < -0.39 is 25.6 Å². The van der Waals surface area contributed by atoms with Crippen LogP contribution in [0.15, 0.2) is 59.8 Å². The molecular weight excluding hydrogens is 352 g/mol. The second kappa shape index (κ2) is 9.45. The van der Waals surface area contributed by atoms with E-state index in [2.05, 4.69) is 4.74 Å². The number of ether oxygens (including phenoxy) is 1. The third-order valence-electron chi connectivity index (χ3n) is 2.90. The Kier molecular flexibility index (Phi) is 7.63. The summed E-state index contributed by atoms with van der Waals surface area (Å²) in [7, 11) is -3.21. The number of esters is 1. The van der Waals surface area contributed by atoms with Crippen molar-refractivity contribution in [2.45, 2.75) is 17.9 Å². The minimum Gasteiger partial charge on any atom is -0.744 e. The maximum Gasteiger partial charge on any atom is 0.311 e. The fourth-order valence-corrected chi connectivity index (χ4v) is 2.17. The van der Waals surface area contributed by atoms with Crippen molar-refractivity contribution >= 4 is 21.8 Å². The number of hydrogen-bond donors (Lipinski definition) is 0. The van der Waals surface area contributed by atoms with Gasteiger partial charge in [-0.3, -0.25) is 14.9 Å². The summed E-state index contributed by atoms with van der Waals surface area (Å²) in [6, 6.07) is 9.78. The Balaban J connectivity index is 0.000000251. The Morgan fingerprint density at radius 3 is 2.36 bits per heavy atom. The number of nitro benzene ring substituents is 1. The van der Waals surface area contributed by atoms with Crippen LogP contribution in [0.5, 0.6) is 0 Å². The number of methoxy groups -OCH3 is 1. The number of carbonyl (C=O) groups excluding carboxylic acids is 1. The van der Waals surface area contributed by atoms with Crippen molar-refractivity contribution in [3.63, 3.8) is 0 Å². The fourth-order valence-electron chi connectivity index (χ4n) is 1.66. The smallest absolute Gasteiger partial charge is 0.311 e. The molecule has 0 spiro atoms. The third-order valence-corrected chi connectivity index (χ3v) is 3.73. The van der Waals surface area contributed by atoms with Crippen molar-refractivity contribution in [3.05, 3.63) is 65.0 Å². The van der Waals surface area contributed by atoms with Crippen LogP contribution in [0.25, 0.3) is 0 Å². The van der Waals surface area contributed by atoms with E-state index in [1.54, 1.807) is 0 Å². The van der Waals surface area contributed by atoms with Crippen LogP contribution >= 0.6 is 0 Å². The maximum atomic E-state index is 10.7. The van der Waals surface area contributed by atoms with Crippen molar-refractivity contribution in [3.8, 4) is 0 Å². The number of pyridine rings is 1. The molecule has 9 nitrogen and oxygen atoms in total. The molecule has 0 aliphatic heterocycles. The van der Waals surface area contributed by atoms with Crippen LogP contribution < -0.4 is 4.57 Å². The quantitative estimate of drug-likeness (QED) is 0.253. The predicted molar refractivity (Wildman–Crippen MR) is 84.3 cm³/mol. The minimum absolute atomic E-state index is 0.175. The number of aryl methyl sites for hydroxylation is 1. The van der Waals surface area contributed by atoms with Crippen LogP contribution in [-0.4, -0.2) is 31.0 Å². The summed E-state index contributed by atoms with van der Waals surface area (Å²) >= 11 is 0.